The van der Waals surface area contributed by atoms with Crippen LogP contribution in [0.1, 0.15) is 11.1 Å². The first-order chi connectivity index (χ1) is 11.2. The number of benzene rings is 3. The van der Waals surface area contributed by atoms with E-state index in [1.54, 1.807) is 12.1 Å². The second kappa shape index (κ2) is 4.99. The van der Waals surface area contributed by atoms with Crippen molar-refractivity contribution < 1.29 is 14.6 Å². The molecule has 3 nitrogen and oxygen atoms in total. The van der Waals surface area contributed by atoms with Crippen LogP contribution in [0.15, 0.2) is 78.9 Å². The van der Waals surface area contributed by atoms with Crippen molar-refractivity contribution in [3.8, 4) is 16.9 Å². The van der Waals surface area contributed by atoms with E-state index in [9.17, 15) is 9.90 Å². The van der Waals surface area contributed by atoms with Crippen LogP contribution in [0.4, 0.5) is 0 Å². The highest BCUT2D eigenvalue weighted by atomic mass is 16.5. The van der Waals surface area contributed by atoms with E-state index in [4.69, 9.17) is 4.74 Å². The van der Waals surface area contributed by atoms with E-state index in [0.29, 0.717) is 16.9 Å². The zero-order valence-corrected chi connectivity index (χ0v) is 12.3. The zero-order chi connectivity index (χ0) is 15.9. The Hall–Kier alpha value is -3.07. The summed E-state index contributed by atoms with van der Waals surface area (Å²) in [5.74, 6) is -0.486. The first kappa shape index (κ1) is 13.6. The number of rotatable bonds is 3. The first-order valence-corrected chi connectivity index (χ1v) is 7.40. The smallest absolute Gasteiger partial charge is 0.357 e. The Morgan fingerprint density at radius 3 is 1.74 bits per heavy atom. The lowest BCUT2D eigenvalue weighted by Crippen LogP contribution is -2.41. The Morgan fingerprint density at radius 2 is 1.22 bits per heavy atom. The Balaban J connectivity index is 2.01. The van der Waals surface area contributed by atoms with Crippen LogP contribution in [0.25, 0.3) is 11.1 Å². The fraction of sp³-hybridized carbons (Fsp3) is 0.0500. The zero-order valence-electron chi connectivity index (χ0n) is 12.3. The van der Waals surface area contributed by atoms with E-state index in [0.717, 1.165) is 11.1 Å². The summed E-state index contributed by atoms with van der Waals surface area (Å²) in [6.07, 6.45) is 0. The van der Waals surface area contributed by atoms with E-state index in [2.05, 4.69) is 0 Å². The SMILES string of the molecule is O=C(O)C1(Oc2ccccc2)c2ccccc2-c2ccccc21. The molecule has 1 aliphatic carbocycles. The lowest BCUT2D eigenvalue weighted by Gasteiger charge is -2.28. The fourth-order valence-electron chi connectivity index (χ4n) is 3.24. The summed E-state index contributed by atoms with van der Waals surface area (Å²) in [5, 5.41) is 10.1. The molecule has 0 saturated heterocycles. The van der Waals surface area contributed by atoms with Crippen LogP contribution >= 0.6 is 0 Å². The van der Waals surface area contributed by atoms with Gasteiger partial charge in [0.1, 0.15) is 5.75 Å². The van der Waals surface area contributed by atoms with Gasteiger partial charge in [-0.3, -0.25) is 0 Å². The summed E-state index contributed by atoms with van der Waals surface area (Å²) in [6, 6.07) is 24.1. The Morgan fingerprint density at radius 1 is 0.739 bits per heavy atom. The Bertz CT molecular complexity index is 839. The molecule has 1 aliphatic rings. The minimum absolute atomic E-state index is 0.529. The molecule has 0 radical (unpaired) electrons. The van der Waals surface area contributed by atoms with E-state index < -0.39 is 11.6 Å². The highest BCUT2D eigenvalue weighted by Gasteiger charge is 2.52. The maximum Gasteiger partial charge on any atom is 0.357 e. The molecule has 3 aromatic rings. The molecule has 0 aliphatic heterocycles. The van der Waals surface area contributed by atoms with Gasteiger partial charge in [-0.1, -0.05) is 66.7 Å². The van der Waals surface area contributed by atoms with Gasteiger partial charge in [0.25, 0.3) is 5.60 Å². The third-order valence-electron chi connectivity index (χ3n) is 4.22. The molecule has 0 unspecified atom stereocenters. The van der Waals surface area contributed by atoms with Crippen molar-refractivity contribution in [3.63, 3.8) is 0 Å². The lowest BCUT2D eigenvalue weighted by atomic mass is 9.91. The normalized spacial score (nSPS) is 13.9. The van der Waals surface area contributed by atoms with Gasteiger partial charge in [0, 0.05) is 11.1 Å². The van der Waals surface area contributed by atoms with Gasteiger partial charge >= 0.3 is 5.97 Å². The standard InChI is InChI=1S/C20H14O3/c21-19(22)20(23-14-8-2-1-3-9-14)17-12-6-4-10-15(17)16-11-5-7-13-18(16)20/h1-13H,(H,21,22). The van der Waals surface area contributed by atoms with Crippen LogP contribution in [0.5, 0.6) is 5.75 Å². The third-order valence-corrected chi connectivity index (χ3v) is 4.22. The first-order valence-electron chi connectivity index (χ1n) is 7.40. The summed E-state index contributed by atoms with van der Waals surface area (Å²) in [6.45, 7) is 0. The number of carbonyl (C=O) groups is 1. The van der Waals surface area contributed by atoms with E-state index in [-0.39, 0.29) is 0 Å². The molecule has 0 atom stereocenters. The summed E-state index contributed by atoms with van der Waals surface area (Å²) in [7, 11) is 0. The lowest BCUT2D eigenvalue weighted by molar-refractivity contribution is -0.152. The van der Waals surface area contributed by atoms with Crippen molar-refractivity contribution >= 4 is 5.97 Å². The number of hydrogen-bond donors (Lipinski definition) is 1. The van der Waals surface area contributed by atoms with E-state index in [1.165, 1.54) is 0 Å². The van der Waals surface area contributed by atoms with Gasteiger partial charge in [-0.15, -0.1) is 0 Å². The molecular formula is C20H14O3. The number of fused-ring (bicyclic) bond motifs is 3. The molecular weight excluding hydrogens is 288 g/mol. The Labute approximate surface area is 133 Å². The predicted molar refractivity (Wildman–Crippen MR) is 87.4 cm³/mol. The number of carboxylic acids is 1. The van der Waals surface area contributed by atoms with Crippen molar-refractivity contribution in [3.05, 3.63) is 90.0 Å². The van der Waals surface area contributed by atoms with Crippen LogP contribution in [-0.4, -0.2) is 11.1 Å². The fourth-order valence-corrected chi connectivity index (χ4v) is 3.24. The average Bonchev–Trinajstić information content (AvgIpc) is 2.88. The van der Waals surface area contributed by atoms with Gasteiger partial charge in [-0.2, -0.15) is 0 Å². The number of para-hydroxylation sites is 1. The summed E-state index contributed by atoms with van der Waals surface area (Å²) < 4.78 is 6.08. The third kappa shape index (κ3) is 1.87. The maximum absolute atomic E-state index is 12.3. The van der Waals surface area contributed by atoms with Crippen molar-refractivity contribution in [1.29, 1.82) is 0 Å². The highest BCUT2D eigenvalue weighted by molar-refractivity contribution is 5.95. The summed E-state index contributed by atoms with van der Waals surface area (Å²) >= 11 is 0. The molecule has 1 N–H and O–H groups in total. The highest BCUT2D eigenvalue weighted by Crippen LogP contribution is 2.49. The number of carboxylic acid groups (broad SMARTS) is 1. The molecule has 0 bridgehead atoms. The molecule has 0 heterocycles. The second-order valence-corrected chi connectivity index (χ2v) is 5.49. The van der Waals surface area contributed by atoms with Crippen molar-refractivity contribution in [2.45, 2.75) is 5.60 Å². The second-order valence-electron chi connectivity index (χ2n) is 5.49. The number of hydrogen-bond acceptors (Lipinski definition) is 2. The molecule has 0 saturated carbocycles. The molecule has 0 aromatic heterocycles. The van der Waals surface area contributed by atoms with E-state index >= 15 is 0 Å². The molecule has 0 fully saturated rings. The van der Waals surface area contributed by atoms with Gasteiger partial charge in [-0.05, 0) is 23.3 Å². The van der Waals surface area contributed by atoms with Crippen LogP contribution in [0.2, 0.25) is 0 Å². The molecule has 4 rings (SSSR count). The maximum atomic E-state index is 12.3. The number of aliphatic carboxylic acids is 1. The van der Waals surface area contributed by atoms with Crippen LogP contribution < -0.4 is 4.74 Å². The molecule has 112 valence electrons. The molecule has 3 aromatic carbocycles. The minimum Gasteiger partial charge on any atom is -0.478 e. The van der Waals surface area contributed by atoms with Crippen molar-refractivity contribution in [2.75, 3.05) is 0 Å². The Kier molecular flexibility index (Phi) is 2.95. The van der Waals surface area contributed by atoms with Gasteiger partial charge < -0.3 is 9.84 Å². The summed E-state index contributed by atoms with van der Waals surface area (Å²) in [4.78, 5) is 12.3. The molecule has 0 spiro atoms. The van der Waals surface area contributed by atoms with Crippen molar-refractivity contribution in [2.24, 2.45) is 0 Å². The van der Waals surface area contributed by atoms with Crippen molar-refractivity contribution in [1.82, 2.24) is 0 Å². The number of ether oxygens (including phenoxy) is 1. The van der Waals surface area contributed by atoms with Crippen LogP contribution in [0, 0.1) is 0 Å². The quantitative estimate of drug-likeness (QED) is 0.793. The summed E-state index contributed by atoms with van der Waals surface area (Å²) in [5.41, 5.74) is 1.62. The minimum atomic E-state index is -1.52. The van der Waals surface area contributed by atoms with Crippen LogP contribution in [-0.2, 0) is 10.4 Å². The van der Waals surface area contributed by atoms with Gasteiger partial charge in [-0.25, -0.2) is 4.79 Å². The van der Waals surface area contributed by atoms with Gasteiger partial charge in [0.15, 0.2) is 0 Å². The average molecular weight is 302 g/mol. The monoisotopic (exact) mass is 302 g/mol. The molecule has 23 heavy (non-hydrogen) atoms. The topological polar surface area (TPSA) is 46.5 Å². The van der Waals surface area contributed by atoms with Gasteiger partial charge in [0.05, 0.1) is 0 Å². The molecule has 3 heteroatoms. The predicted octanol–water partition coefficient (Wildman–Crippen LogP) is 4.07. The van der Waals surface area contributed by atoms with E-state index in [1.807, 2.05) is 66.7 Å². The largest absolute Gasteiger partial charge is 0.478 e. The van der Waals surface area contributed by atoms with Gasteiger partial charge in [0.2, 0.25) is 0 Å². The molecule has 0 amide bonds. The van der Waals surface area contributed by atoms with Crippen LogP contribution in [0.3, 0.4) is 0 Å².